The first-order valence-electron chi connectivity index (χ1n) is 6.50. The predicted molar refractivity (Wildman–Crippen MR) is 73.8 cm³/mol. The van der Waals surface area contributed by atoms with E-state index in [0.717, 1.165) is 11.8 Å². The first-order valence-corrected chi connectivity index (χ1v) is 6.50. The minimum atomic E-state index is -0.836. The second-order valence-electron chi connectivity index (χ2n) is 4.94. The fourth-order valence-electron chi connectivity index (χ4n) is 2.22. The quantitative estimate of drug-likeness (QED) is 0.730. The highest BCUT2D eigenvalue weighted by Gasteiger charge is 2.28. The summed E-state index contributed by atoms with van der Waals surface area (Å²) >= 11 is 0. The molecule has 0 aliphatic carbocycles. The summed E-state index contributed by atoms with van der Waals surface area (Å²) in [5, 5.41) is 9.36. The lowest BCUT2D eigenvalue weighted by molar-refractivity contribution is -0.145. The standard InChI is InChI=1S/C15H21NO3/c1-12(2)14(15(18)19)16(9-6-10-17)11-13-7-4-3-5-8-13/h3-5,7-8,10,12,14H,6,9,11H2,1-2H3,(H,18,19)/t14-/m0/s1. The largest absolute Gasteiger partial charge is 0.480 e. The summed E-state index contributed by atoms with van der Waals surface area (Å²) in [6.45, 7) is 4.78. The first-order chi connectivity index (χ1) is 9.06. The Morgan fingerprint density at radius 1 is 1.32 bits per heavy atom. The number of aliphatic carboxylic acids is 1. The SMILES string of the molecule is CC(C)[C@@H](C(=O)O)N(CCC=O)Cc1ccccc1. The molecule has 0 amide bonds. The molecular weight excluding hydrogens is 242 g/mol. The Labute approximate surface area is 114 Å². The van der Waals surface area contributed by atoms with Gasteiger partial charge in [0.2, 0.25) is 0 Å². The Balaban J connectivity index is 2.86. The number of carbonyl (C=O) groups excluding carboxylic acids is 1. The molecule has 1 aromatic carbocycles. The topological polar surface area (TPSA) is 57.6 Å². The van der Waals surface area contributed by atoms with Gasteiger partial charge in [0.1, 0.15) is 12.3 Å². The third-order valence-corrected chi connectivity index (χ3v) is 3.04. The van der Waals surface area contributed by atoms with Crippen LogP contribution in [-0.2, 0) is 16.1 Å². The third-order valence-electron chi connectivity index (χ3n) is 3.04. The van der Waals surface area contributed by atoms with Crippen molar-refractivity contribution in [3.8, 4) is 0 Å². The highest BCUT2D eigenvalue weighted by atomic mass is 16.4. The van der Waals surface area contributed by atoms with E-state index < -0.39 is 12.0 Å². The highest BCUT2D eigenvalue weighted by Crippen LogP contribution is 2.15. The van der Waals surface area contributed by atoms with Gasteiger partial charge in [0.25, 0.3) is 0 Å². The second-order valence-corrected chi connectivity index (χ2v) is 4.94. The minimum absolute atomic E-state index is 0.00661. The van der Waals surface area contributed by atoms with Crippen molar-refractivity contribution in [1.29, 1.82) is 0 Å². The summed E-state index contributed by atoms with van der Waals surface area (Å²) < 4.78 is 0. The smallest absolute Gasteiger partial charge is 0.321 e. The lowest BCUT2D eigenvalue weighted by Crippen LogP contribution is -2.44. The summed E-state index contributed by atoms with van der Waals surface area (Å²) in [5.41, 5.74) is 1.06. The van der Waals surface area contributed by atoms with Crippen molar-refractivity contribution >= 4 is 12.3 Å². The van der Waals surface area contributed by atoms with Gasteiger partial charge >= 0.3 is 5.97 Å². The molecule has 0 saturated heterocycles. The molecule has 1 atom stereocenters. The number of rotatable bonds is 8. The fraction of sp³-hybridized carbons (Fsp3) is 0.467. The molecule has 0 unspecified atom stereocenters. The molecule has 0 bridgehead atoms. The van der Waals surface area contributed by atoms with Gasteiger partial charge in [0.15, 0.2) is 0 Å². The van der Waals surface area contributed by atoms with Crippen LogP contribution in [0.25, 0.3) is 0 Å². The average Bonchev–Trinajstić information content (AvgIpc) is 2.36. The van der Waals surface area contributed by atoms with E-state index in [1.807, 2.05) is 49.1 Å². The fourth-order valence-corrected chi connectivity index (χ4v) is 2.22. The van der Waals surface area contributed by atoms with Crippen molar-refractivity contribution in [3.05, 3.63) is 35.9 Å². The van der Waals surface area contributed by atoms with Gasteiger partial charge in [-0.25, -0.2) is 0 Å². The van der Waals surface area contributed by atoms with Crippen LogP contribution in [0.4, 0.5) is 0 Å². The minimum Gasteiger partial charge on any atom is -0.480 e. The van der Waals surface area contributed by atoms with Gasteiger partial charge in [-0.15, -0.1) is 0 Å². The van der Waals surface area contributed by atoms with Crippen LogP contribution in [-0.4, -0.2) is 34.8 Å². The zero-order valence-electron chi connectivity index (χ0n) is 11.5. The monoisotopic (exact) mass is 263 g/mol. The second kappa shape index (κ2) is 7.69. The van der Waals surface area contributed by atoms with Crippen molar-refractivity contribution < 1.29 is 14.7 Å². The summed E-state index contributed by atoms with van der Waals surface area (Å²) in [6.07, 6.45) is 1.18. The maximum absolute atomic E-state index is 11.4. The maximum atomic E-state index is 11.4. The Bertz CT molecular complexity index is 403. The van der Waals surface area contributed by atoms with Crippen LogP contribution >= 0.6 is 0 Å². The van der Waals surface area contributed by atoms with E-state index in [9.17, 15) is 14.7 Å². The number of benzene rings is 1. The zero-order chi connectivity index (χ0) is 14.3. The maximum Gasteiger partial charge on any atom is 0.321 e. The molecule has 0 heterocycles. The Hall–Kier alpha value is -1.68. The number of aldehydes is 1. The molecule has 19 heavy (non-hydrogen) atoms. The van der Waals surface area contributed by atoms with Crippen LogP contribution in [0.15, 0.2) is 30.3 Å². The number of nitrogens with zero attached hydrogens (tertiary/aromatic N) is 1. The summed E-state index contributed by atoms with van der Waals surface area (Å²) in [6, 6.07) is 9.15. The van der Waals surface area contributed by atoms with E-state index in [1.165, 1.54) is 0 Å². The van der Waals surface area contributed by atoms with Crippen molar-refractivity contribution in [1.82, 2.24) is 4.90 Å². The highest BCUT2D eigenvalue weighted by molar-refractivity contribution is 5.73. The van der Waals surface area contributed by atoms with Gasteiger partial charge in [-0.3, -0.25) is 9.69 Å². The van der Waals surface area contributed by atoms with Crippen molar-refractivity contribution in [2.45, 2.75) is 32.9 Å². The van der Waals surface area contributed by atoms with Gasteiger partial charge < -0.3 is 9.90 Å². The van der Waals surface area contributed by atoms with Crippen molar-refractivity contribution in [3.63, 3.8) is 0 Å². The molecule has 0 aromatic heterocycles. The third kappa shape index (κ3) is 4.83. The Kier molecular flexibility index (Phi) is 6.22. The average molecular weight is 263 g/mol. The molecule has 0 aliphatic rings. The lowest BCUT2D eigenvalue weighted by Gasteiger charge is -2.31. The lowest BCUT2D eigenvalue weighted by atomic mass is 10.0. The number of hydrogen-bond acceptors (Lipinski definition) is 3. The van der Waals surface area contributed by atoms with Gasteiger partial charge in [-0.2, -0.15) is 0 Å². The number of carboxylic acids is 1. The molecular formula is C15H21NO3. The van der Waals surface area contributed by atoms with E-state index in [4.69, 9.17) is 0 Å². The van der Waals surface area contributed by atoms with Crippen molar-refractivity contribution in [2.75, 3.05) is 6.54 Å². The first kappa shape index (κ1) is 15.4. The molecule has 0 radical (unpaired) electrons. The van der Waals surface area contributed by atoms with E-state index in [1.54, 1.807) is 0 Å². The Morgan fingerprint density at radius 2 is 1.95 bits per heavy atom. The molecule has 0 fully saturated rings. The van der Waals surface area contributed by atoms with Gasteiger partial charge in [-0.1, -0.05) is 44.2 Å². The normalized spacial score (nSPS) is 12.6. The summed E-state index contributed by atoms with van der Waals surface area (Å²) in [4.78, 5) is 23.8. The summed E-state index contributed by atoms with van der Waals surface area (Å²) in [5.74, 6) is -0.843. The van der Waals surface area contributed by atoms with Gasteiger partial charge in [0.05, 0.1) is 0 Å². The molecule has 0 saturated carbocycles. The molecule has 1 rings (SSSR count). The van der Waals surface area contributed by atoms with Gasteiger partial charge in [0, 0.05) is 19.5 Å². The van der Waals surface area contributed by atoms with Crippen LogP contribution in [0.1, 0.15) is 25.8 Å². The molecule has 104 valence electrons. The molecule has 1 aromatic rings. The van der Waals surface area contributed by atoms with Crippen LogP contribution in [0.2, 0.25) is 0 Å². The number of carboxylic acid groups (broad SMARTS) is 1. The molecule has 0 spiro atoms. The summed E-state index contributed by atoms with van der Waals surface area (Å²) in [7, 11) is 0. The van der Waals surface area contributed by atoms with Crippen LogP contribution in [0, 0.1) is 5.92 Å². The molecule has 1 N–H and O–H groups in total. The van der Waals surface area contributed by atoms with Crippen LogP contribution in [0.5, 0.6) is 0 Å². The van der Waals surface area contributed by atoms with E-state index in [2.05, 4.69) is 0 Å². The van der Waals surface area contributed by atoms with E-state index in [0.29, 0.717) is 19.5 Å². The van der Waals surface area contributed by atoms with Crippen LogP contribution in [0.3, 0.4) is 0 Å². The van der Waals surface area contributed by atoms with E-state index in [-0.39, 0.29) is 5.92 Å². The molecule has 0 aliphatic heterocycles. The molecule has 4 heteroatoms. The van der Waals surface area contributed by atoms with Gasteiger partial charge in [-0.05, 0) is 11.5 Å². The van der Waals surface area contributed by atoms with Crippen molar-refractivity contribution in [2.24, 2.45) is 5.92 Å². The number of carbonyl (C=O) groups is 2. The Morgan fingerprint density at radius 3 is 2.42 bits per heavy atom. The predicted octanol–water partition coefficient (Wildman–Crippen LogP) is 2.19. The number of hydrogen-bond donors (Lipinski definition) is 1. The van der Waals surface area contributed by atoms with E-state index >= 15 is 0 Å². The molecule has 4 nitrogen and oxygen atoms in total. The van der Waals surface area contributed by atoms with Crippen LogP contribution < -0.4 is 0 Å². The zero-order valence-corrected chi connectivity index (χ0v) is 11.5.